The van der Waals surface area contributed by atoms with Gasteiger partial charge in [0.2, 0.25) is 5.89 Å². The van der Waals surface area contributed by atoms with Gasteiger partial charge in [0.15, 0.2) is 5.84 Å². The molecule has 0 atom stereocenters. The topological polar surface area (TPSA) is 147 Å². The largest absolute Gasteiger partial charge is 0.411 e. The van der Waals surface area contributed by atoms with Crippen LogP contribution in [0.15, 0.2) is 63.3 Å². The monoisotopic (exact) mass is 433 g/mol. The molecule has 0 unspecified atom stereocenters. The average molecular weight is 434 g/mol. The number of amidine groups is 1. The molecule has 0 saturated carbocycles. The average Bonchev–Trinajstić information content (AvgIpc) is 3.20. The standard InChI is InChI=1S/C17H12ClN5O5S/c18-12-5-1-11(2-6-12)16-20-21-17(27-16)29-9-14(24)28-22-15(19)10-3-7-13(8-4-10)23(25)26/h1-8H,9H2,(H2,19,22). The Morgan fingerprint density at radius 1 is 1.21 bits per heavy atom. The molecule has 3 rings (SSSR count). The van der Waals surface area contributed by atoms with Gasteiger partial charge in [-0.25, -0.2) is 4.79 Å². The number of nitrogens with zero attached hydrogens (tertiary/aromatic N) is 4. The second-order valence-electron chi connectivity index (χ2n) is 5.41. The van der Waals surface area contributed by atoms with Crippen molar-refractivity contribution in [2.45, 2.75) is 5.22 Å². The molecule has 10 nitrogen and oxygen atoms in total. The van der Waals surface area contributed by atoms with Crippen LogP contribution in [0.2, 0.25) is 5.02 Å². The number of rotatable bonds is 7. The fourth-order valence-corrected chi connectivity index (χ4v) is 2.69. The van der Waals surface area contributed by atoms with Gasteiger partial charge < -0.3 is 15.0 Å². The van der Waals surface area contributed by atoms with Gasteiger partial charge in [-0.2, -0.15) is 0 Å². The van der Waals surface area contributed by atoms with E-state index in [1.165, 1.54) is 24.3 Å². The van der Waals surface area contributed by atoms with Crippen LogP contribution in [0.25, 0.3) is 11.5 Å². The van der Waals surface area contributed by atoms with Crippen LogP contribution >= 0.6 is 23.4 Å². The molecule has 0 bridgehead atoms. The second-order valence-corrected chi connectivity index (χ2v) is 6.78. The van der Waals surface area contributed by atoms with Gasteiger partial charge >= 0.3 is 5.97 Å². The van der Waals surface area contributed by atoms with E-state index in [1.807, 2.05) is 0 Å². The van der Waals surface area contributed by atoms with E-state index in [2.05, 4.69) is 15.4 Å². The number of oxime groups is 1. The molecule has 1 heterocycles. The number of hydrogen-bond donors (Lipinski definition) is 1. The third kappa shape index (κ3) is 5.53. The van der Waals surface area contributed by atoms with Crippen molar-refractivity contribution < 1.29 is 19.0 Å². The van der Waals surface area contributed by atoms with Crippen molar-refractivity contribution in [1.82, 2.24) is 10.2 Å². The summed E-state index contributed by atoms with van der Waals surface area (Å²) in [4.78, 5) is 26.6. The summed E-state index contributed by atoms with van der Waals surface area (Å²) in [6.45, 7) is 0. The van der Waals surface area contributed by atoms with E-state index in [0.717, 1.165) is 11.8 Å². The quantitative estimate of drug-likeness (QED) is 0.148. The highest BCUT2D eigenvalue weighted by atomic mass is 35.5. The van der Waals surface area contributed by atoms with Gasteiger partial charge in [0.1, 0.15) is 5.75 Å². The van der Waals surface area contributed by atoms with Gasteiger partial charge in [0, 0.05) is 28.3 Å². The van der Waals surface area contributed by atoms with Crippen LogP contribution < -0.4 is 5.73 Å². The molecule has 1 aromatic heterocycles. The molecular weight excluding hydrogens is 422 g/mol. The first kappa shape index (κ1) is 20.3. The predicted octanol–water partition coefficient (Wildman–Crippen LogP) is 3.25. The number of carbonyl (C=O) groups excluding carboxylic acids is 1. The number of hydrogen-bond acceptors (Lipinski definition) is 9. The Morgan fingerprint density at radius 3 is 2.55 bits per heavy atom. The van der Waals surface area contributed by atoms with Crippen molar-refractivity contribution >= 4 is 40.9 Å². The SMILES string of the molecule is NC(=NOC(=O)CSc1nnc(-c2ccc(Cl)cc2)o1)c1ccc([N+](=O)[O-])cc1. The van der Waals surface area contributed by atoms with E-state index >= 15 is 0 Å². The number of nitrogens with two attached hydrogens (primary N) is 1. The summed E-state index contributed by atoms with van der Waals surface area (Å²) in [7, 11) is 0. The summed E-state index contributed by atoms with van der Waals surface area (Å²) in [6, 6.07) is 12.2. The Morgan fingerprint density at radius 2 is 1.90 bits per heavy atom. The van der Waals surface area contributed by atoms with E-state index in [1.54, 1.807) is 24.3 Å². The van der Waals surface area contributed by atoms with Crippen LogP contribution in [0, 0.1) is 10.1 Å². The molecule has 2 aromatic carbocycles. The lowest BCUT2D eigenvalue weighted by atomic mass is 10.2. The summed E-state index contributed by atoms with van der Waals surface area (Å²) >= 11 is 6.80. The zero-order valence-electron chi connectivity index (χ0n) is 14.5. The van der Waals surface area contributed by atoms with Gasteiger partial charge in [-0.3, -0.25) is 10.1 Å². The summed E-state index contributed by atoms with van der Waals surface area (Å²) in [5, 5.41) is 22.7. The predicted molar refractivity (Wildman–Crippen MR) is 105 cm³/mol. The van der Waals surface area contributed by atoms with Crippen LogP contribution in [0.5, 0.6) is 0 Å². The summed E-state index contributed by atoms with van der Waals surface area (Å²) in [5.74, 6) is -0.635. The smallest absolute Gasteiger partial charge is 0.345 e. The highest BCUT2D eigenvalue weighted by molar-refractivity contribution is 7.99. The maximum absolute atomic E-state index is 11.8. The molecule has 0 amide bonds. The first-order valence-electron chi connectivity index (χ1n) is 7.93. The van der Waals surface area contributed by atoms with E-state index in [0.29, 0.717) is 16.1 Å². The number of benzene rings is 2. The Hall–Kier alpha value is -3.44. The molecule has 0 spiro atoms. The van der Waals surface area contributed by atoms with E-state index in [-0.39, 0.29) is 28.4 Å². The zero-order chi connectivity index (χ0) is 20.8. The highest BCUT2D eigenvalue weighted by Gasteiger charge is 2.13. The Labute approximate surface area is 172 Å². The van der Waals surface area contributed by atoms with Crippen molar-refractivity contribution in [3.63, 3.8) is 0 Å². The molecule has 0 aliphatic carbocycles. The molecule has 0 aliphatic rings. The number of halogens is 1. The lowest BCUT2D eigenvalue weighted by molar-refractivity contribution is -0.384. The molecule has 0 aliphatic heterocycles. The first-order chi connectivity index (χ1) is 13.9. The zero-order valence-corrected chi connectivity index (χ0v) is 16.1. The van der Waals surface area contributed by atoms with Gasteiger partial charge in [-0.1, -0.05) is 28.5 Å². The normalized spacial score (nSPS) is 11.3. The van der Waals surface area contributed by atoms with Crippen molar-refractivity contribution in [3.05, 3.63) is 69.2 Å². The van der Waals surface area contributed by atoms with E-state index < -0.39 is 10.9 Å². The molecular formula is C17H12ClN5O5S. The van der Waals surface area contributed by atoms with Crippen molar-refractivity contribution in [1.29, 1.82) is 0 Å². The Bertz CT molecular complexity index is 1050. The van der Waals surface area contributed by atoms with Crippen LogP contribution in [-0.2, 0) is 9.63 Å². The third-order valence-electron chi connectivity index (χ3n) is 3.43. The minimum absolute atomic E-state index is 0.0903. The first-order valence-corrected chi connectivity index (χ1v) is 9.29. The molecule has 29 heavy (non-hydrogen) atoms. The van der Waals surface area contributed by atoms with Gasteiger partial charge in [-0.15, -0.1) is 10.2 Å². The molecule has 0 fully saturated rings. The Balaban J connectivity index is 1.52. The van der Waals surface area contributed by atoms with E-state index in [9.17, 15) is 14.9 Å². The number of carbonyl (C=O) groups is 1. The molecule has 0 radical (unpaired) electrons. The second kappa shape index (κ2) is 9.17. The molecule has 3 aromatic rings. The summed E-state index contributed by atoms with van der Waals surface area (Å²) in [5.41, 5.74) is 6.68. The maximum Gasteiger partial charge on any atom is 0.345 e. The minimum atomic E-state index is -0.689. The van der Waals surface area contributed by atoms with Gasteiger partial charge in [0.05, 0.1) is 4.92 Å². The number of aromatic nitrogens is 2. The highest BCUT2D eigenvalue weighted by Crippen LogP contribution is 2.24. The lowest BCUT2D eigenvalue weighted by Gasteiger charge is -2.00. The molecule has 148 valence electrons. The Kier molecular flexibility index (Phi) is 6.42. The maximum atomic E-state index is 11.8. The fourth-order valence-electron chi connectivity index (χ4n) is 2.03. The van der Waals surface area contributed by atoms with Crippen molar-refractivity contribution in [2.75, 3.05) is 5.75 Å². The van der Waals surface area contributed by atoms with Crippen LogP contribution in [0.3, 0.4) is 0 Å². The third-order valence-corrected chi connectivity index (χ3v) is 4.47. The molecule has 0 saturated heterocycles. The fraction of sp³-hybridized carbons (Fsp3) is 0.0588. The lowest BCUT2D eigenvalue weighted by Crippen LogP contribution is -2.15. The minimum Gasteiger partial charge on any atom is -0.411 e. The van der Waals surface area contributed by atoms with Crippen LogP contribution in [0.1, 0.15) is 5.56 Å². The van der Waals surface area contributed by atoms with Crippen LogP contribution in [0.4, 0.5) is 5.69 Å². The summed E-state index contributed by atoms with van der Waals surface area (Å²) in [6.07, 6.45) is 0. The number of nitro groups is 1. The molecule has 12 heteroatoms. The number of thioether (sulfide) groups is 1. The number of nitro benzene ring substituents is 1. The van der Waals surface area contributed by atoms with Crippen molar-refractivity contribution in [2.24, 2.45) is 10.9 Å². The van der Waals surface area contributed by atoms with E-state index in [4.69, 9.17) is 26.6 Å². The van der Waals surface area contributed by atoms with Gasteiger partial charge in [-0.05, 0) is 36.4 Å². The number of non-ortho nitro benzene ring substituents is 1. The van der Waals surface area contributed by atoms with Crippen molar-refractivity contribution in [3.8, 4) is 11.5 Å². The van der Waals surface area contributed by atoms with Gasteiger partial charge in [0.25, 0.3) is 10.9 Å². The summed E-state index contributed by atoms with van der Waals surface area (Å²) < 4.78 is 5.46. The van der Waals surface area contributed by atoms with Crippen LogP contribution in [-0.4, -0.2) is 32.7 Å². The molecule has 2 N–H and O–H groups in total.